The lowest BCUT2D eigenvalue weighted by Crippen LogP contribution is -2.25. The molecule has 1 unspecified atom stereocenters. The monoisotopic (exact) mass is 268 g/mol. The molecule has 102 valence electrons. The molecule has 1 aliphatic carbocycles. The second-order valence-electron chi connectivity index (χ2n) is 4.83. The number of allylic oxidation sites excluding steroid dienone is 5. The van der Waals surface area contributed by atoms with E-state index in [0.29, 0.717) is 19.8 Å². The van der Waals surface area contributed by atoms with Gasteiger partial charge in [-0.1, -0.05) is 54.7 Å². The van der Waals surface area contributed by atoms with Crippen LogP contribution in [-0.2, 0) is 14.3 Å². The van der Waals surface area contributed by atoms with E-state index in [2.05, 4.69) is 0 Å². The van der Waals surface area contributed by atoms with E-state index in [-0.39, 0.29) is 11.9 Å². The third-order valence-corrected chi connectivity index (χ3v) is 3.45. The number of rotatable bonds is 0. The largest absolute Gasteiger partial charge is 0.460 e. The van der Waals surface area contributed by atoms with E-state index in [1.807, 2.05) is 54.7 Å². The lowest BCUT2D eigenvalue weighted by Gasteiger charge is -2.23. The minimum Gasteiger partial charge on any atom is -0.460 e. The molecule has 0 saturated carbocycles. The maximum atomic E-state index is 12.0. The third-order valence-electron chi connectivity index (χ3n) is 3.45. The maximum absolute atomic E-state index is 12.0. The van der Waals surface area contributed by atoms with Gasteiger partial charge in [0.2, 0.25) is 0 Å². The van der Waals surface area contributed by atoms with E-state index >= 15 is 0 Å². The summed E-state index contributed by atoms with van der Waals surface area (Å²) in [6.45, 7) is 1.44. The van der Waals surface area contributed by atoms with Crippen LogP contribution in [0.1, 0.15) is 0 Å². The minimum absolute atomic E-state index is 0.189. The smallest absolute Gasteiger partial charge is 0.317 e. The normalized spacial score (nSPS) is 32.9. The Kier molecular flexibility index (Phi) is 3.79. The van der Waals surface area contributed by atoms with Gasteiger partial charge in [-0.05, 0) is 16.7 Å². The summed E-state index contributed by atoms with van der Waals surface area (Å²) >= 11 is 0. The third kappa shape index (κ3) is 2.73. The maximum Gasteiger partial charge on any atom is 0.317 e. The second kappa shape index (κ2) is 5.88. The Morgan fingerprint density at radius 2 is 2.00 bits per heavy atom. The number of hydrogen-bond donors (Lipinski definition) is 0. The van der Waals surface area contributed by atoms with Crippen LogP contribution >= 0.6 is 0 Å². The number of carbonyl (C=O) groups is 1. The fourth-order valence-electron chi connectivity index (χ4n) is 2.38. The molecule has 0 saturated heterocycles. The van der Waals surface area contributed by atoms with Gasteiger partial charge in [-0.3, -0.25) is 4.79 Å². The zero-order valence-corrected chi connectivity index (χ0v) is 11.1. The second-order valence-corrected chi connectivity index (χ2v) is 4.83. The van der Waals surface area contributed by atoms with Gasteiger partial charge < -0.3 is 9.47 Å². The van der Waals surface area contributed by atoms with Crippen molar-refractivity contribution < 1.29 is 14.3 Å². The highest BCUT2D eigenvalue weighted by Crippen LogP contribution is 2.28. The van der Waals surface area contributed by atoms with Crippen molar-refractivity contribution in [2.75, 3.05) is 19.8 Å². The molecule has 3 heteroatoms. The molecule has 4 rings (SSSR count). The molecule has 0 fully saturated rings. The van der Waals surface area contributed by atoms with Gasteiger partial charge in [-0.15, -0.1) is 0 Å². The van der Waals surface area contributed by atoms with Crippen LogP contribution in [0.4, 0.5) is 0 Å². The number of ether oxygens (including phenoxy) is 2. The summed E-state index contributed by atoms with van der Waals surface area (Å²) in [6.07, 6.45) is 17.7. The molecule has 0 radical (unpaired) electrons. The SMILES string of the molecule is O=C1OCC2=C3/C=C\C=C(/C=CC13)COC/C=C\C=C/2. The Morgan fingerprint density at radius 3 is 2.95 bits per heavy atom. The number of esters is 1. The van der Waals surface area contributed by atoms with Crippen LogP contribution in [0.3, 0.4) is 0 Å². The number of fused-ring (bicyclic) bond motifs is 5. The Labute approximate surface area is 118 Å². The van der Waals surface area contributed by atoms with Gasteiger partial charge in [0.1, 0.15) is 12.5 Å². The van der Waals surface area contributed by atoms with Gasteiger partial charge in [0.25, 0.3) is 0 Å². The van der Waals surface area contributed by atoms with E-state index < -0.39 is 0 Å². The first-order chi connectivity index (χ1) is 9.84. The lowest BCUT2D eigenvalue weighted by atomic mass is 9.89. The number of cyclic esters (lactones) is 1. The van der Waals surface area contributed by atoms with Crippen molar-refractivity contribution in [2.45, 2.75) is 0 Å². The standard InChI is InChI=1S/C17H16O3/c18-17-16-9-8-13-5-4-7-15(16)14(12-20-17)6-2-1-3-10-19-11-13/h1-9,16H,10-12H2/b3-1-,6-2-,7-4-,9-8?,13-5+. The number of hydrogen-bond acceptors (Lipinski definition) is 3. The van der Waals surface area contributed by atoms with E-state index in [1.165, 1.54) is 0 Å². The summed E-state index contributed by atoms with van der Waals surface area (Å²) in [4.78, 5) is 12.0. The van der Waals surface area contributed by atoms with Gasteiger partial charge >= 0.3 is 5.97 Å². The van der Waals surface area contributed by atoms with E-state index in [4.69, 9.17) is 9.47 Å². The molecule has 0 amide bonds. The van der Waals surface area contributed by atoms with Crippen LogP contribution in [0.15, 0.2) is 71.4 Å². The van der Waals surface area contributed by atoms with Gasteiger partial charge in [-0.25, -0.2) is 0 Å². The fourth-order valence-corrected chi connectivity index (χ4v) is 2.38. The highest BCUT2D eigenvalue weighted by atomic mass is 16.5. The van der Waals surface area contributed by atoms with Crippen molar-refractivity contribution in [1.29, 1.82) is 0 Å². The lowest BCUT2D eigenvalue weighted by molar-refractivity contribution is -0.145. The Bertz CT molecular complexity index is 585. The van der Waals surface area contributed by atoms with Crippen LogP contribution in [0.5, 0.6) is 0 Å². The molecule has 0 aromatic carbocycles. The molecule has 1 atom stereocenters. The molecule has 4 bridgehead atoms. The van der Waals surface area contributed by atoms with Crippen LogP contribution in [0, 0.1) is 5.92 Å². The first-order valence-corrected chi connectivity index (χ1v) is 6.71. The van der Waals surface area contributed by atoms with E-state index in [0.717, 1.165) is 16.7 Å². The van der Waals surface area contributed by atoms with Gasteiger partial charge in [0, 0.05) is 0 Å². The van der Waals surface area contributed by atoms with Gasteiger partial charge in [0.15, 0.2) is 0 Å². The van der Waals surface area contributed by atoms with Crippen LogP contribution in [0.2, 0.25) is 0 Å². The van der Waals surface area contributed by atoms with E-state index in [9.17, 15) is 4.79 Å². The first-order valence-electron chi connectivity index (χ1n) is 6.71. The van der Waals surface area contributed by atoms with E-state index in [1.54, 1.807) is 0 Å². The first kappa shape index (κ1) is 12.9. The zero-order chi connectivity index (χ0) is 13.8. The summed E-state index contributed by atoms with van der Waals surface area (Å²) in [5, 5.41) is 0. The highest BCUT2D eigenvalue weighted by Gasteiger charge is 2.27. The highest BCUT2D eigenvalue weighted by molar-refractivity contribution is 5.81. The zero-order valence-electron chi connectivity index (χ0n) is 11.1. The average molecular weight is 268 g/mol. The molecule has 3 nitrogen and oxygen atoms in total. The van der Waals surface area contributed by atoms with Crippen molar-refractivity contribution in [2.24, 2.45) is 5.92 Å². The van der Waals surface area contributed by atoms with Crippen molar-refractivity contribution in [3.63, 3.8) is 0 Å². The average Bonchev–Trinajstić information content (AvgIpc) is 2.44. The van der Waals surface area contributed by atoms with Crippen LogP contribution in [0.25, 0.3) is 0 Å². The Hall–Kier alpha value is -2.13. The fraction of sp³-hybridized carbons (Fsp3) is 0.235. The van der Waals surface area contributed by atoms with Gasteiger partial charge in [0.05, 0.1) is 13.2 Å². The summed E-state index contributed by atoms with van der Waals surface area (Å²) in [6, 6.07) is 0. The minimum atomic E-state index is -0.326. The van der Waals surface area contributed by atoms with Crippen LogP contribution < -0.4 is 0 Å². The van der Waals surface area contributed by atoms with Crippen molar-refractivity contribution in [3.05, 3.63) is 71.4 Å². The topological polar surface area (TPSA) is 35.5 Å². The molecule has 3 heterocycles. The molecule has 0 aromatic rings. The van der Waals surface area contributed by atoms with Crippen molar-refractivity contribution >= 4 is 5.97 Å². The molecule has 0 spiro atoms. The predicted octanol–water partition coefficient (Wildman–Crippen LogP) is 2.65. The molecule has 3 aliphatic heterocycles. The molecular weight excluding hydrogens is 252 g/mol. The molecule has 0 N–H and O–H groups in total. The predicted molar refractivity (Wildman–Crippen MR) is 76.9 cm³/mol. The molecule has 20 heavy (non-hydrogen) atoms. The van der Waals surface area contributed by atoms with Crippen molar-refractivity contribution in [1.82, 2.24) is 0 Å². The van der Waals surface area contributed by atoms with Crippen LogP contribution in [-0.4, -0.2) is 25.8 Å². The summed E-state index contributed by atoms with van der Waals surface area (Å²) in [7, 11) is 0. The van der Waals surface area contributed by atoms with Gasteiger partial charge in [-0.2, -0.15) is 0 Å². The Morgan fingerprint density at radius 1 is 1.05 bits per heavy atom. The molecule has 0 aromatic heterocycles. The summed E-state index contributed by atoms with van der Waals surface area (Å²) in [5.41, 5.74) is 3.09. The molecule has 4 aliphatic rings. The van der Waals surface area contributed by atoms with Crippen molar-refractivity contribution in [3.8, 4) is 0 Å². The summed E-state index contributed by atoms with van der Waals surface area (Å²) in [5.74, 6) is -0.515. The summed E-state index contributed by atoms with van der Waals surface area (Å²) < 4.78 is 10.8. The Balaban J connectivity index is 2.09. The molecular formula is C17H16O3. The quantitative estimate of drug-likeness (QED) is 0.634. The number of carbonyl (C=O) groups excluding carboxylic acids is 1.